The second-order valence-corrected chi connectivity index (χ2v) is 5.87. The molecule has 0 unspecified atom stereocenters. The Balaban J connectivity index is 2.34. The number of rotatable bonds is 3. The molecular weight excluding hydrogens is 262 g/mol. The van der Waals surface area contributed by atoms with Crippen LogP contribution in [0.15, 0.2) is 47.4 Å². The lowest BCUT2D eigenvalue weighted by Gasteiger charge is -2.10. The molecule has 2 rings (SSSR count). The maximum absolute atomic E-state index is 11.3. The highest BCUT2D eigenvalue weighted by molar-refractivity contribution is 7.89. The summed E-state index contributed by atoms with van der Waals surface area (Å²) >= 11 is 0. The van der Waals surface area contributed by atoms with Gasteiger partial charge in [0.05, 0.1) is 4.90 Å². The van der Waals surface area contributed by atoms with Gasteiger partial charge in [0.15, 0.2) is 0 Å². The van der Waals surface area contributed by atoms with Crippen molar-refractivity contribution in [2.24, 2.45) is 5.14 Å². The molecule has 0 spiro atoms. The SMILES string of the molecule is Cc1ccccc1Oc1ccc(S(N)(=O)=O)c(C)c1. The smallest absolute Gasteiger partial charge is 0.238 e. The Kier molecular flexibility index (Phi) is 3.59. The normalized spacial score (nSPS) is 11.3. The summed E-state index contributed by atoms with van der Waals surface area (Å²) in [6.45, 7) is 3.63. The molecule has 0 aromatic heterocycles. The third-order valence-corrected chi connectivity index (χ3v) is 3.85. The number of benzene rings is 2. The van der Waals surface area contributed by atoms with Crippen molar-refractivity contribution in [2.45, 2.75) is 18.7 Å². The molecule has 2 aromatic carbocycles. The molecule has 0 heterocycles. The van der Waals surface area contributed by atoms with Gasteiger partial charge in [-0.05, 0) is 49.2 Å². The Morgan fingerprint density at radius 3 is 2.26 bits per heavy atom. The zero-order chi connectivity index (χ0) is 14.0. The van der Waals surface area contributed by atoms with Crippen molar-refractivity contribution in [1.29, 1.82) is 0 Å². The fraction of sp³-hybridized carbons (Fsp3) is 0.143. The van der Waals surface area contributed by atoms with Crippen molar-refractivity contribution in [3.05, 3.63) is 53.6 Å². The summed E-state index contributed by atoms with van der Waals surface area (Å²) in [5, 5.41) is 5.12. The molecule has 100 valence electrons. The number of hydrogen-bond donors (Lipinski definition) is 1. The molecule has 19 heavy (non-hydrogen) atoms. The first-order valence-electron chi connectivity index (χ1n) is 5.75. The molecule has 2 aromatic rings. The van der Waals surface area contributed by atoms with Crippen LogP contribution in [-0.4, -0.2) is 8.42 Å². The highest BCUT2D eigenvalue weighted by atomic mass is 32.2. The van der Waals surface area contributed by atoms with Gasteiger partial charge < -0.3 is 4.74 Å². The highest BCUT2D eigenvalue weighted by Gasteiger charge is 2.12. The molecule has 0 amide bonds. The Morgan fingerprint density at radius 1 is 1.00 bits per heavy atom. The van der Waals surface area contributed by atoms with Crippen LogP contribution in [-0.2, 0) is 10.0 Å². The largest absolute Gasteiger partial charge is 0.457 e. The number of ether oxygens (including phenoxy) is 1. The van der Waals surface area contributed by atoms with E-state index >= 15 is 0 Å². The third-order valence-electron chi connectivity index (χ3n) is 2.77. The van der Waals surface area contributed by atoms with E-state index in [1.54, 1.807) is 19.1 Å². The van der Waals surface area contributed by atoms with E-state index in [1.807, 2.05) is 31.2 Å². The number of aryl methyl sites for hydroxylation is 2. The molecule has 0 saturated heterocycles. The van der Waals surface area contributed by atoms with Gasteiger partial charge in [-0.1, -0.05) is 18.2 Å². The lowest BCUT2D eigenvalue weighted by molar-refractivity contribution is 0.478. The van der Waals surface area contributed by atoms with Crippen molar-refractivity contribution in [3.8, 4) is 11.5 Å². The van der Waals surface area contributed by atoms with Crippen molar-refractivity contribution < 1.29 is 13.2 Å². The summed E-state index contributed by atoms with van der Waals surface area (Å²) in [6, 6.07) is 12.3. The Hall–Kier alpha value is -1.85. The number of nitrogens with two attached hydrogens (primary N) is 1. The van der Waals surface area contributed by atoms with E-state index in [0.717, 1.165) is 11.3 Å². The van der Waals surface area contributed by atoms with Crippen LogP contribution in [0, 0.1) is 13.8 Å². The second kappa shape index (κ2) is 5.03. The topological polar surface area (TPSA) is 69.4 Å². The molecule has 0 saturated carbocycles. The molecule has 2 N–H and O–H groups in total. The maximum Gasteiger partial charge on any atom is 0.238 e. The zero-order valence-corrected chi connectivity index (χ0v) is 11.6. The number of primary sulfonamides is 1. The van der Waals surface area contributed by atoms with Gasteiger partial charge in [0.2, 0.25) is 10.0 Å². The van der Waals surface area contributed by atoms with Gasteiger partial charge in [0, 0.05) is 0 Å². The first kappa shape index (κ1) is 13.6. The average molecular weight is 277 g/mol. The van der Waals surface area contributed by atoms with E-state index in [1.165, 1.54) is 6.07 Å². The van der Waals surface area contributed by atoms with Crippen LogP contribution >= 0.6 is 0 Å². The van der Waals surface area contributed by atoms with Crippen molar-refractivity contribution in [2.75, 3.05) is 0 Å². The standard InChI is InChI=1S/C14H15NO3S/c1-10-5-3-4-6-13(10)18-12-7-8-14(11(2)9-12)19(15,16)17/h3-9H,1-2H3,(H2,15,16,17). The van der Waals surface area contributed by atoms with Gasteiger partial charge in [-0.25, -0.2) is 13.6 Å². The number of sulfonamides is 1. The van der Waals surface area contributed by atoms with Gasteiger partial charge in [-0.2, -0.15) is 0 Å². The van der Waals surface area contributed by atoms with Crippen molar-refractivity contribution in [3.63, 3.8) is 0 Å². The first-order valence-corrected chi connectivity index (χ1v) is 7.29. The Morgan fingerprint density at radius 2 is 1.68 bits per heavy atom. The van der Waals surface area contributed by atoms with Gasteiger partial charge in [-0.3, -0.25) is 0 Å². The minimum Gasteiger partial charge on any atom is -0.457 e. The molecule has 0 aliphatic carbocycles. The number of hydrogen-bond acceptors (Lipinski definition) is 3. The van der Waals surface area contributed by atoms with Gasteiger partial charge in [0.25, 0.3) is 0 Å². The molecular formula is C14H15NO3S. The van der Waals surface area contributed by atoms with Gasteiger partial charge in [0.1, 0.15) is 11.5 Å². The molecule has 0 fully saturated rings. The molecule has 0 aliphatic heterocycles. The fourth-order valence-electron chi connectivity index (χ4n) is 1.80. The van der Waals surface area contributed by atoms with Crippen LogP contribution in [0.1, 0.15) is 11.1 Å². The minimum absolute atomic E-state index is 0.115. The molecule has 5 heteroatoms. The predicted octanol–water partition coefficient (Wildman–Crippen LogP) is 2.74. The van der Waals surface area contributed by atoms with Crippen LogP contribution < -0.4 is 9.88 Å². The minimum atomic E-state index is -3.69. The third kappa shape index (κ3) is 3.13. The fourth-order valence-corrected chi connectivity index (χ4v) is 2.57. The molecule has 0 bridgehead atoms. The zero-order valence-electron chi connectivity index (χ0n) is 10.8. The summed E-state index contributed by atoms with van der Waals surface area (Å²) in [4.78, 5) is 0.115. The second-order valence-electron chi connectivity index (χ2n) is 4.34. The summed E-state index contributed by atoms with van der Waals surface area (Å²) < 4.78 is 28.4. The van der Waals surface area contributed by atoms with Gasteiger partial charge >= 0.3 is 0 Å². The van der Waals surface area contributed by atoms with Crippen molar-refractivity contribution >= 4 is 10.0 Å². The molecule has 0 aliphatic rings. The van der Waals surface area contributed by atoms with Crippen LogP contribution in [0.5, 0.6) is 11.5 Å². The highest BCUT2D eigenvalue weighted by Crippen LogP contribution is 2.27. The summed E-state index contributed by atoms with van der Waals surface area (Å²) in [7, 11) is -3.69. The lowest BCUT2D eigenvalue weighted by atomic mass is 10.2. The summed E-state index contributed by atoms with van der Waals surface area (Å²) in [5.74, 6) is 1.32. The predicted molar refractivity (Wildman–Crippen MR) is 73.8 cm³/mol. The van der Waals surface area contributed by atoms with E-state index in [9.17, 15) is 8.42 Å². The van der Waals surface area contributed by atoms with Gasteiger partial charge in [-0.15, -0.1) is 0 Å². The van der Waals surface area contributed by atoms with E-state index in [0.29, 0.717) is 11.3 Å². The maximum atomic E-state index is 11.3. The molecule has 4 nitrogen and oxygen atoms in total. The molecule has 0 radical (unpaired) electrons. The number of para-hydroxylation sites is 1. The van der Waals surface area contributed by atoms with E-state index in [2.05, 4.69) is 0 Å². The molecule has 0 atom stereocenters. The van der Waals surface area contributed by atoms with E-state index in [4.69, 9.17) is 9.88 Å². The van der Waals surface area contributed by atoms with Crippen LogP contribution in [0.2, 0.25) is 0 Å². The Bertz CT molecular complexity index is 708. The Labute approximate surface area is 112 Å². The average Bonchev–Trinajstić information content (AvgIpc) is 2.30. The monoisotopic (exact) mass is 277 g/mol. The van der Waals surface area contributed by atoms with Crippen LogP contribution in [0.4, 0.5) is 0 Å². The summed E-state index contributed by atoms with van der Waals surface area (Å²) in [5.41, 5.74) is 1.57. The van der Waals surface area contributed by atoms with E-state index in [-0.39, 0.29) is 4.90 Å². The van der Waals surface area contributed by atoms with Crippen LogP contribution in [0.25, 0.3) is 0 Å². The quantitative estimate of drug-likeness (QED) is 0.937. The lowest BCUT2D eigenvalue weighted by Crippen LogP contribution is -2.13. The van der Waals surface area contributed by atoms with Crippen LogP contribution in [0.3, 0.4) is 0 Å². The first-order chi connectivity index (χ1) is 8.88. The van der Waals surface area contributed by atoms with E-state index < -0.39 is 10.0 Å². The van der Waals surface area contributed by atoms with Crippen molar-refractivity contribution in [1.82, 2.24) is 0 Å². The summed E-state index contributed by atoms with van der Waals surface area (Å²) in [6.07, 6.45) is 0.